The molecular formula is C17H19F3N4O3S. The second kappa shape index (κ2) is 8.41. The van der Waals surface area contributed by atoms with Gasteiger partial charge in [0.1, 0.15) is 5.75 Å². The average Bonchev–Trinajstić information content (AvgIpc) is 3.27. The van der Waals surface area contributed by atoms with Gasteiger partial charge in [-0.05, 0) is 38.1 Å². The molecule has 1 fully saturated rings. The Labute approximate surface area is 162 Å². The van der Waals surface area contributed by atoms with E-state index in [0.29, 0.717) is 29.7 Å². The molecule has 1 saturated heterocycles. The van der Waals surface area contributed by atoms with E-state index in [2.05, 4.69) is 20.4 Å². The molecule has 28 heavy (non-hydrogen) atoms. The first-order valence-corrected chi connectivity index (χ1v) is 9.57. The van der Waals surface area contributed by atoms with Gasteiger partial charge >= 0.3 is 6.36 Å². The Hall–Kier alpha value is -2.24. The molecule has 1 aromatic heterocycles. The van der Waals surface area contributed by atoms with Gasteiger partial charge < -0.3 is 15.4 Å². The normalized spacial score (nSPS) is 17.1. The third-order valence-corrected chi connectivity index (χ3v) is 5.13. The first-order valence-electron chi connectivity index (χ1n) is 8.75. The molecule has 152 valence electrons. The van der Waals surface area contributed by atoms with Crippen molar-refractivity contribution in [2.24, 2.45) is 0 Å². The summed E-state index contributed by atoms with van der Waals surface area (Å²) in [6.45, 7) is 3.02. The molecule has 2 aromatic rings. The number of amides is 2. The summed E-state index contributed by atoms with van der Waals surface area (Å²) < 4.78 is 41.6. The van der Waals surface area contributed by atoms with Gasteiger partial charge in [-0.3, -0.25) is 9.59 Å². The van der Waals surface area contributed by atoms with Gasteiger partial charge in [0.05, 0.1) is 22.8 Å². The van der Waals surface area contributed by atoms with Gasteiger partial charge in [-0.1, -0.05) is 18.3 Å². The van der Waals surface area contributed by atoms with Crippen LogP contribution in [0.25, 0.3) is 10.2 Å². The fourth-order valence-electron chi connectivity index (χ4n) is 2.87. The molecule has 0 aliphatic carbocycles. The molecule has 11 heteroatoms. The van der Waals surface area contributed by atoms with E-state index in [0.717, 1.165) is 28.7 Å². The molecule has 1 atom stereocenters. The minimum Gasteiger partial charge on any atom is -0.406 e. The van der Waals surface area contributed by atoms with Crippen LogP contribution in [0, 0.1) is 0 Å². The number of nitrogens with one attached hydrogen (secondary N) is 2. The Bertz CT molecular complexity index is 865. The third kappa shape index (κ3) is 4.78. The maximum Gasteiger partial charge on any atom is 0.573 e. The number of rotatable bonds is 6. The van der Waals surface area contributed by atoms with Crippen LogP contribution in [0.15, 0.2) is 18.2 Å². The number of alkyl halides is 3. The van der Waals surface area contributed by atoms with Crippen molar-refractivity contribution < 1.29 is 27.5 Å². The highest BCUT2D eigenvalue weighted by Gasteiger charge is 2.34. The summed E-state index contributed by atoms with van der Waals surface area (Å²) in [5.41, 5.74) is 0.378. The van der Waals surface area contributed by atoms with Gasteiger partial charge in [-0.2, -0.15) is 0 Å². The molecule has 1 aliphatic rings. The number of nitrogens with zero attached hydrogens (tertiary/aromatic N) is 2. The van der Waals surface area contributed by atoms with Gasteiger partial charge in [0.2, 0.25) is 5.91 Å². The Kier molecular flexibility index (Phi) is 6.16. The van der Waals surface area contributed by atoms with Crippen LogP contribution >= 0.6 is 11.3 Å². The van der Waals surface area contributed by atoms with Crippen molar-refractivity contribution >= 4 is 38.5 Å². The summed E-state index contributed by atoms with van der Waals surface area (Å²) >= 11 is 0.965. The predicted molar refractivity (Wildman–Crippen MR) is 98.4 cm³/mol. The number of hydrogen-bond acceptors (Lipinski definition) is 7. The zero-order chi connectivity index (χ0) is 20.3. The third-order valence-electron chi connectivity index (χ3n) is 4.13. The van der Waals surface area contributed by atoms with E-state index in [1.54, 1.807) is 0 Å². The highest BCUT2D eigenvalue weighted by Crippen LogP contribution is 2.33. The molecule has 2 heterocycles. The number of likely N-dealkylation sites (N-methyl/N-ethyl adjacent to an activating group) is 1. The number of ether oxygens (including phenoxy) is 1. The fourth-order valence-corrected chi connectivity index (χ4v) is 3.89. The van der Waals surface area contributed by atoms with Gasteiger partial charge in [-0.15, -0.1) is 13.2 Å². The molecule has 1 aromatic carbocycles. The van der Waals surface area contributed by atoms with Crippen LogP contribution in [0.1, 0.15) is 19.8 Å². The Morgan fingerprint density at radius 3 is 2.86 bits per heavy atom. The molecule has 2 amide bonds. The van der Waals surface area contributed by atoms with E-state index < -0.39 is 24.2 Å². The molecule has 2 N–H and O–H groups in total. The van der Waals surface area contributed by atoms with Crippen LogP contribution in [-0.4, -0.2) is 48.8 Å². The summed E-state index contributed by atoms with van der Waals surface area (Å²) in [5, 5.41) is 6.06. The molecule has 7 nitrogen and oxygen atoms in total. The molecule has 0 spiro atoms. The Balaban J connectivity index is 1.92. The van der Waals surface area contributed by atoms with Gasteiger partial charge in [0.25, 0.3) is 5.91 Å². The lowest BCUT2D eigenvalue weighted by Gasteiger charge is -2.21. The van der Waals surface area contributed by atoms with Crippen molar-refractivity contribution in [3.63, 3.8) is 0 Å². The van der Waals surface area contributed by atoms with Crippen LogP contribution in [0.4, 0.5) is 18.3 Å². The number of imide groups is 1. The van der Waals surface area contributed by atoms with Gasteiger partial charge in [-0.25, -0.2) is 9.88 Å². The van der Waals surface area contributed by atoms with E-state index in [9.17, 15) is 22.8 Å². The van der Waals surface area contributed by atoms with E-state index in [4.69, 9.17) is 0 Å². The minimum absolute atomic E-state index is 0.0483. The number of thiazole rings is 1. The number of carbonyl (C=O) groups is 2. The second-order valence-electron chi connectivity index (χ2n) is 6.17. The summed E-state index contributed by atoms with van der Waals surface area (Å²) in [7, 11) is 0. The van der Waals surface area contributed by atoms with Crippen molar-refractivity contribution in [1.82, 2.24) is 15.6 Å². The Morgan fingerprint density at radius 1 is 1.43 bits per heavy atom. The highest BCUT2D eigenvalue weighted by atomic mass is 32.1. The highest BCUT2D eigenvalue weighted by molar-refractivity contribution is 7.22. The number of anilines is 1. The number of aromatic nitrogens is 1. The Morgan fingerprint density at radius 2 is 2.21 bits per heavy atom. The minimum atomic E-state index is -4.81. The monoisotopic (exact) mass is 416 g/mol. The maximum atomic E-state index is 12.9. The van der Waals surface area contributed by atoms with Crippen molar-refractivity contribution in [3.05, 3.63) is 18.2 Å². The predicted octanol–water partition coefficient (Wildman–Crippen LogP) is 2.42. The topological polar surface area (TPSA) is 83.6 Å². The number of halogens is 3. The first kappa shape index (κ1) is 20.5. The van der Waals surface area contributed by atoms with E-state index >= 15 is 0 Å². The molecule has 0 saturated carbocycles. The van der Waals surface area contributed by atoms with Crippen LogP contribution < -0.4 is 20.3 Å². The van der Waals surface area contributed by atoms with Crippen molar-refractivity contribution in [1.29, 1.82) is 0 Å². The average molecular weight is 416 g/mol. The number of fused-ring (bicyclic) bond motifs is 1. The van der Waals surface area contributed by atoms with Gasteiger partial charge in [0.15, 0.2) is 5.13 Å². The molecule has 0 bridgehead atoms. The maximum absolute atomic E-state index is 12.9. The molecular weight excluding hydrogens is 397 g/mol. The summed E-state index contributed by atoms with van der Waals surface area (Å²) in [5.74, 6) is -1.26. The lowest BCUT2D eigenvalue weighted by Crippen LogP contribution is -2.49. The van der Waals surface area contributed by atoms with E-state index in [1.807, 2.05) is 6.92 Å². The number of benzene rings is 1. The smallest absolute Gasteiger partial charge is 0.406 e. The quantitative estimate of drug-likeness (QED) is 0.753. The summed E-state index contributed by atoms with van der Waals surface area (Å²) in [6.07, 6.45) is -3.37. The SMILES string of the molecule is CCNCC(=O)N(C(=O)[C@H]1CCCN1)c1nc2ccc(OC(F)(F)F)cc2s1. The van der Waals surface area contributed by atoms with Crippen molar-refractivity contribution in [2.75, 3.05) is 24.5 Å². The number of carbonyl (C=O) groups excluding carboxylic acids is 2. The zero-order valence-corrected chi connectivity index (χ0v) is 15.8. The lowest BCUT2D eigenvalue weighted by atomic mass is 10.2. The number of hydrogen-bond donors (Lipinski definition) is 2. The summed E-state index contributed by atoms with van der Waals surface area (Å²) in [6, 6.07) is 3.21. The molecule has 0 unspecified atom stereocenters. The van der Waals surface area contributed by atoms with E-state index in [-0.39, 0.29) is 17.4 Å². The van der Waals surface area contributed by atoms with Crippen LogP contribution in [0.5, 0.6) is 5.75 Å². The molecule has 3 rings (SSSR count). The van der Waals surface area contributed by atoms with E-state index in [1.165, 1.54) is 12.1 Å². The molecule has 0 radical (unpaired) electrons. The standard InChI is InChI=1S/C17H19F3N4O3S/c1-2-21-9-14(25)24(15(26)12-4-3-7-22-12)16-23-11-6-5-10(8-13(11)28-16)27-17(18,19)20/h5-6,8,12,21-22H,2-4,7,9H2,1H3/t12-/m1/s1. The largest absolute Gasteiger partial charge is 0.573 e. The zero-order valence-electron chi connectivity index (χ0n) is 15.0. The van der Waals surface area contributed by atoms with Crippen LogP contribution in [0.3, 0.4) is 0 Å². The molecule has 1 aliphatic heterocycles. The van der Waals surface area contributed by atoms with Crippen LogP contribution in [0.2, 0.25) is 0 Å². The fraction of sp³-hybridized carbons (Fsp3) is 0.471. The first-order chi connectivity index (χ1) is 13.3. The van der Waals surface area contributed by atoms with Gasteiger partial charge in [0, 0.05) is 6.07 Å². The van der Waals surface area contributed by atoms with Crippen LogP contribution in [-0.2, 0) is 9.59 Å². The second-order valence-corrected chi connectivity index (χ2v) is 7.18. The lowest BCUT2D eigenvalue weighted by molar-refractivity contribution is -0.274. The van der Waals surface area contributed by atoms with Crippen molar-refractivity contribution in [3.8, 4) is 5.75 Å². The summed E-state index contributed by atoms with van der Waals surface area (Å²) in [4.78, 5) is 30.8. The van der Waals surface area contributed by atoms with Crippen molar-refractivity contribution in [2.45, 2.75) is 32.2 Å².